The lowest BCUT2D eigenvalue weighted by Gasteiger charge is -2.27. The standard InChI is InChI=1S/C16H23F2N3O4/c17-12-1-2-14(18)15(9-12)25-11-13(22)10-19-3-4-20-16(23)21-5-7-24-8-6-21/h1-2,9,13,19,22H,3-8,10-11H2,(H,20,23)/t13-/m0/s1. The molecule has 1 heterocycles. The lowest BCUT2D eigenvalue weighted by Crippen LogP contribution is -2.47. The van der Waals surface area contributed by atoms with Gasteiger partial charge in [0.2, 0.25) is 0 Å². The predicted octanol–water partition coefficient (Wildman–Crippen LogP) is 0.336. The number of benzene rings is 1. The molecule has 0 unspecified atom stereocenters. The molecule has 0 aromatic heterocycles. The summed E-state index contributed by atoms with van der Waals surface area (Å²) in [5.41, 5.74) is 0. The van der Waals surface area contributed by atoms with Crippen LogP contribution in [0.3, 0.4) is 0 Å². The first-order valence-electron chi connectivity index (χ1n) is 8.13. The number of aliphatic hydroxyl groups excluding tert-OH is 1. The first-order valence-corrected chi connectivity index (χ1v) is 8.13. The minimum atomic E-state index is -0.891. The van der Waals surface area contributed by atoms with Gasteiger partial charge in [-0.2, -0.15) is 0 Å². The number of urea groups is 1. The van der Waals surface area contributed by atoms with Crippen molar-refractivity contribution in [1.82, 2.24) is 15.5 Å². The zero-order valence-electron chi connectivity index (χ0n) is 13.8. The fraction of sp³-hybridized carbons (Fsp3) is 0.562. The number of hydrogen-bond acceptors (Lipinski definition) is 5. The molecule has 0 aliphatic carbocycles. The number of carbonyl (C=O) groups excluding carboxylic acids is 1. The molecule has 0 spiro atoms. The molecule has 1 fully saturated rings. The maximum absolute atomic E-state index is 13.4. The minimum Gasteiger partial charge on any atom is -0.488 e. The van der Waals surface area contributed by atoms with E-state index >= 15 is 0 Å². The molecule has 1 saturated heterocycles. The number of morpholine rings is 1. The third-order valence-electron chi connectivity index (χ3n) is 3.58. The second-order valence-electron chi connectivity index (χ2n) is 5.58. The number of hydrogen-bond donors (Lipinski definition) is 3. The number of rotatable bonds is 8. The molecule has 9 heteroatoms. The molecule has 2 rings (SSSR count). The largest absolute Gasteiger partial charge is 0.488 e. The summed E-state index contributed by atoms with van der Waals surface area (Å²) in [6, 6.07) is 2.74. The van der Waals surface area contributed by atoms with Gasteiger partial charge in [-0.25, -0.2) is 13.6 Å². The Labute approximate surface area is 144 Å². The van der Waals surface area contributed by atoms with E-state index in [4.69, 9.17) is 9.47 Å². The molecular weight excluding hydrogens is 336 g/mol. The molecule has 1 aromatic carbocycles. The molecular formula is C16H23F2N3O4. The van der Waals surface area contributed by atoms with E-state index in [1.165, 1.54) is 0 Å². The molecule has 25 heavy (non-hydrogen) atoms. The van der Waals surface area contributed by atoms with Gasteiger partial charge in [-0.1, -0.05) is 0 Å². The summed E-state index contributed by atoms with van der Waals surface area (Å²) in [6.07, 6.45) is -0.891. The predicted molar refractivity (Wildman–Crippen MR) is 86.5 cm³/mol. The monoisotopic (exact) mass is 359 g/mol. The van der Waals surface area contributed by atoms with Crippen LogP contribution in [0.25, 0.3) is 0 Å². The van der Waals surface area contributed by atoms with Gasteiger partial charge in [-0.05, 0) is 12.1 Å². The molecule has 1 atom stereocenters. The number of carbonyl (C=O) groups is 1. The Bertz CT molecular complexity index is 556. The zero-order valence-corrected chi connectivity index (χ0v) is 13.8. The number of nitrogens with one attached hydrogen (secondary N) is 2. The second-order valence-corrected chi connectivity index (χ2v) is 5.58. The van der Waals surface area contributed by atoms with E-state index in [0.717, 1.165) is 18.2 Å². The van der Waals surface area contributed by atoms with Crippen LogP contribution in [0.1, 0.15) is 0 Å². The summed E-state index contributed by atoms with van der Waals surface area (Å²) < 4.78 is 36.6. The van der Waals surface area contributed by atoms with Gasteiger partial charge in [0, 0.05) is 38.8 Å². The summed E-state index contributed by atoms with van der Waals surface area (Å²) in [5.74, 6) is -1.54. The highest BCUT2D eigenvalue weighted by atomic mass is 19.1. The van der Waals surface area contributed by atoms with Crippen LogP contribution in [0.5, 0.6) is 5.75 Å². The van der Waals surface area contributed by atoms with Crippen LogP contribution < -0.4 is 15.4 Å². The number of halogens is 2. The Morgan fingerprint density at radius 2 is 2.08 bits per heavy atom. The Kier molecular flexibility index (Phi) is 7.83. The molecule has 0 radical (unpaired) electrons. The molecule has 0 saturated carbocycles. The van der Waals surface area contributed by atoms with Gasteiger partial charge in [-0.15, -0.1) is 0 Å². The van der Waals surface area contributed by atoms with Gasteiger partial charge in [0.1, 0.15) is 18.5 Å². The lowest BCUT2D eigenvalue weighted by atomic mass is 10.3. The van der Waals surface area contributed by atoms with Crippen LogP contribution in [0.2, 0.25) is 0 Å². The van der Waals surface area contributed by atoms with Gasteiger partial charge >= 0.3 is 6.03 Å². The third-order valence-corrected chi connectivity index (χ3v) is 3.58. The van der Waals surface area contributed by atoms with Crippen molar-refractivity contribution < 1.29 is 28.2 Å². The smallest absolute Gasteiger partial charge is 0.317 e. The van der Waals surface area contributed by atoms with Crippen LogP contribution >= 0.6 is 0 Å². The highest BCUT2D eigenvalue weighted by Crippen LogP contribution is 2.17. The van der Waals surface area contributed by atoms with E-state index in [1.807, 2.05) is 0 Å². The van der Waals surface area contributed by atoms with E-state index < -0.39 is 17.7 Å². The average molecular weight is 359 g/mol. The van der Waals surface area contributed by atoms with Crippen molar-refractivity contribution in [3.05, 3.63) is 29.8 Å². The van der Waals surface area contributed by atoms with Gasteiger partial charge in [-0.3, -0.25) is 0 Å². The molecule has 1 aliphatic rings. The maximum atomic E-state index is 13.4. The van der Waals surface area contributed by atoms with Crippen LogP contribution in [-0.4, -0.2) is 74.7 Å². The Balaban J connectivity index is 1.55. The van der Waals surface area contributed by atoms with Crippen molar-refractivity contribution in [1.29, 1.82) is 0 Å². The lowest BCUT2D eigenvalue weighted by molar-refractivity contribution is 0.0532. The summed E-state index contributed by atoms with van der Waals surface area (Å²) in [5, 5.41) is 15.5. The Hall–Kier alpha value is -1.97. The number of aliphatic hydroxyl groups is 1. The maximum Gasteiger partial charge on any atom is 0.317 e. The van der Waals surface area contributed by atoms with Crippen molar-refractivity contribution in [3.63, 3.8) is 0 Å². The highest BCUT2D eigenvalue weighted by Gasteiger charge is 2.15. The van der Waals surface area contributed by atoms with Crippen molar-refractivity contribution in [2.24, 2.45) is 0 Å². The molecule has 3 N–H and O–H groups in total. The SMILES string of the molecule is O=C(NCCNC[C@H](O)COc1cc(F)ccc1F)N1CCOCC1. The average Bonchev–Trinajstić information content (AvgIpc) is 2.62. The number of amides is 2. The van der Waals surface area contributed by atoms with E-state index in [9.17, 15) is 18.7 Å². The summed E-state index contributed by atoms with van der Waals surface area (Å²) in [4.78, 5) is 13.5. The van der Waals surface area contributed by atoms with E-state index in [1.54, 1.807) is 4.90 Å². The summed E-state index contributed by atoms with van der Waals surface area (Å²) >= 11 is 0. The van der Waals surface area contributed by atoms with Crippen molar-refractivity contribution >= 4 is 6.03 Å². The molecule has 0 bridgehead atoms. The van der Waals surface area contributed by atoms with Crippen LogP contribution in [0.4, 0.5) is 13.6 Å². The topological polar surface area (TPSA) is 83.1 Å². The summed E-state index contributed by atoms with van der Waals surface area (Å²) in [6.45, 7) is 3.13. The van der Waals surface area contributed by atoms with Crippen LogP contribution in [0, 0.1) is 11.6 Å². The van der Waals surface area contributed by atoms with Crippen molar-refractivity contribution in [2.45, 2.75) is 6.10 Å². The Morgan fingerprint density at radius 3 is 2.84 bits per heavy atom. The Morgan fingerprint density at radius 1 is 1.32 bits per heavy atom. The van der Waals surface area contributed by atoms with Gasteiger partial charge < -0.3 is 30.1 Å². The van der Waals surface area contributed by atoms with Gasteiger partial charge in [0.25, 0.3) is 0 Å². The number of ether oxygens (including phenoxy) is 2. The van der Waals surface area contributed by atoms with Crippen molar-refractivity contribution in [2.75, 3.05) is 52.5 Å². The van der Waals surface area contributed by atoms with Gasteiger partial charge in [0.05, 0.1) is 13.2 Å². The van der Waals surface area contributed by atoms with Crippen LogP contribution in [0.15, 0.2) is 18.2 Å². The highest BCUT2D eigenvalue weighted by molar-refractivity contribution is 5.74. The first-order chi connectivity index (χ1) is 12.1. The second kappa shape index (κ2) is 10.1. The molecule has 1 aliphatic heterocycles. The fourth-order valence-corrected chi connectivity index (χ4v) is 2.24. The fourth-order valence-electron chi connectivity index (χ4n) is 2.24. The third kappa shape index (κ3) is 6.81. The summed E-state index contributed by atoms with van der Waals surface area (Å²) in [7, 11) is 0. The van der Waals surface area contributed by atoms with Crippen LogP contribution in [-0.2, 0) is 4.74 Å². The quantitative estimate of drug-likeness (QED) is 0.583. The molecule has 1 aromatic rings. The molecule has 140 valence electrons. The molecule has 2 amide bonds. The molecule has 7 nitrogen and oxygen atoms in total. The normalized spacial score (nSPS) is 15.7. The minimum absolute atomic E-state index is 0.143. The zero-order chi connectivity index (χ0) is 18.1. The van der Waals surface area contributed by atoms with Gasteiger partial charge in [0.15, 0.2) is 11.6 Å². The van der Waals surface area contributed by atoms with E-state index in [-0.39, 0.29) is 24.9 Å². The van der Waals surface area contributed by atoms with E-state index in [2.05, 4.69) is 10.6 Å². The van der Waals surface area contributed by atoms with E-state index in [0.29, 0.717) is 39.4 Å². The van der Waals surface area contributed by atoms with Crippen molar-refractivity contribution in [3.8, 4) is 5.75 Å². The first kappa shape index (κ1) is 19.4. The number of nitrogens with zero attached hydrogens (tertiary/aromatic N) is 1.